The van der Waals surface area contributed by atoms with Crippen molar-refractivity contribution in [2.75, 3.05) is 0 Å². The van der Waals surface area contributed by atoms with Gasteiger partial charge in [-0.1, -0.05) is 6.92 Å². The van der Waals surface area contributed by atoms with Crippen LogP contribution in [-0.4, -0.2) is 34.5 Å². The maximum atomic E-state index is 11.2. The second-order valence-electron chi connectivity index (χ2n) is 3.77. The Morgan fingerprint density at radius 1 is 1.15 bits per heavy atom. The highest BCUT2D eigenvalue weighted by Crippen LogP contribution is 2.25. The lowest BCUT2D eigenvalue weighted by molar-refractivity contribution is -0.156. The molecule has 13 heavy (non-hydrogen) atoms. The number of aliphatic hydroxyl groups excluding tert-OH is 2. The standard InChI is InChI=1S/C9H16O4/c1-4-7(10)5(2)9(12)13-6(3)8(4)11/h4-8,10-11H,1-3H3/t4-,5+,6?,7-,8?/m0/s1. The van der Waals surface area contributed by atoms with Gasteiger partial charge in [0.1, 0.15) is 6.10 Å². The van der Waals surface area contributed by atoms with Crippen LogP contribution in [0.5, 0.6) is 0 Å². The number of carbonyl (C=O) groups is 1. The summed E-state index contributed by atoms with van der Waals surface area (Å²) >= 11 is 0. The summed E-state index contributed by atoms with van der Waals surface area (Å²) in [4.78, 5) is 11.2. The van der Waals surface area contributed by atoms with E-state index >= 15 is 0 Å². The number of ether oxygens (including phenoxy) is 1. The number of hydrogen-bond acceptors (Lipinski definition) is 4. The fourth-order valence-electron chi connectivity index (χ4n) is 1.58. The van der Waals surface area contributed by atoms with Crippen LogP contribution in [0.1, 0.15) is 20.8 Å². The van der Waals surface area contributed by atoms with Gasteiger partial charge in [0.25, 0.3) is 0 Å². The third-order valence-electron chi connectivity index (χ3n) is 2.74. The largest absolute Gasteiger partial charge is 0.460 e. The summed E-state index contributed by atoms with van der Waals surface area (Å²) in [5.41, 5.74) is 0. The predicted molar refractivity (Wildman–Crippen MR) is 45.9 cm³/mol. The van der Waals surface area contributed by atoms with Crippen LogP contribution in [0.3, 0.4) is 0 Å². The van der Waals surface area contributed by atoms with Crippen molar-refractivity contribution in [1.29, 1.82) is 0 Å². The molecule has 4 nitrogen and oxygen atoms in total. The van der Waals surface area contributed by atoms with Gasteiger partial charge in [0.15, 0.2) is 0 Å². The van der Waals surface area contributed by atoms with Crippen molar-refractivity contribution < 1.29 is 19.7 Å². The molecule has 1 rings (SSSR count). The first-order valence-electron chi connectivity index (χ1n) is 4.51. The Kier molecular flexibility index (Phi) is 2.93. The average molecular weight is 188 g/mol. The smallest absolute Gasteiger partial charge is 0.311 e. The number of aliphatic hydroxyl groups is 2. The van der Waals surface area contributed by atoms with E-state index in [-0.39, 0.29) is 5.92 Å². The Balaban J connectivity index is 2.85. The first-order valence-corrected chi connectivity index (χ1v) is 4.51. The van der Waals surface area contributed by atoms with Gasteiger partial charge in [0.2, 0.25) is 0 Å². The Morgan fingerprint density at radius 2 is 1.69 bits per heavy atom. The first kappa shape index (κ1) is 10.5. The number of esters is 1. The molecular formula is C9H16O4. The number of carbonyl (C=O) groups excluding carboxylic acids is 1. The minimum absolute atomic E-state index is 0.337. The van der Waals surface area contributed by atoms with E-state index < -0.39 is 30.2 Å². The van der Waals surface area contributed by atoms with Crippen LogP contribution in [0.4, 0.5) is 0 Å². The molecule has 1 fully saturated rings. The SMILES string of the molecule is CC1OC(=O)[C@H](C)[C@@H](O)[C@H](C)C1O. The van der Waals surface area contributed by atoms with Crippen LogP contribution in [0.25, 0.3) is 0 Å². The molecule has 2 unspecified atom stereocenters. The topological polar surface area (TPSA) is 66.8 Å². The van der Waals surface area contributed by atoms with Crippen LogP contribution in [0.2, 0.25) is 0 Å². The summed E-state index contributed by atoms with van der Waals surface area (Å²) in [5, 5.41) is 19.2. The van der Waals surface area contributed by atoms with Gasteiger partial charge in [-0.3, -0.25) is 4.79 Å². The van der Waals surface area contributed by atoms with Gasteiger partial charge in [-0.05, 0) is 13.8 Å². The van der Waals surface area contributed by atoms with Gasteiger partial charge in [0.05, 0.1) is 18.1 Å². The highest BCUT2D eigenvalue weighted by molar-refractivity contribution is 5.73. The molecule has 0 radical (unpaired) electrons. The van der Waals surface area contributed by atoms with E-state index in [1.54, 1.807) is 20.8 Å². The number of hydrogen-bond donors (Lipinski definition) is 2. The molecule has 0 aromatic heterocycles. The van der Waals surface area contributed by atoms with Crippen LogP contribution >= 0.6 is 0 Å². The van der Waals surface area contributed by atoms with E-state index in [1.165, 1.54) is 0 Å². The minimum Gasteiger partial charge on any atom is -0.460 e. The monoisotopic (exact) mass is 188 g/mol. The molecule has 0 amide bonds. The Hall–Kier alpha value is -0.610. The van der Waals surface area contributed by atoms with Crippen molar-refractivity contribution in [3.8, 4) is 0 Å². The van der Waals surface area contributed by atoms with Crippen molar-refractivity contribution in [3.05, 3.63) is 0 Å². The number of rotatable bonds is 0. The molecule has 1 heterocycles. The van der Waals surface area contributed by atoms with Crippen molar-refractivity contribution in [3.63, 3.8) is 0 Å². The molecule has 0 saturated carbocycles. The van der Waals surface area contributed by atoms with Gasteiger partial charge in [-0.15, -0.1) is 0 Å². The van der Waals surface area contributed by atoms with E-state index in [4.69, 9.17) is 4.74 Å². The fourth-order valence-corrected chi connectivity index (χ4v) is 1.58. The maximum absolute atomic E-state index is 11.2. The zero-order valence-electron chi connectivity index (χ0n) is 8.10. The molecule has 0 aromatic carbocycles. The third-order valence-corrected chi connectivity index (χ3v) is 2.74. The van der Waals surface area contributed by atoms with E-state index in [1.807, 2.05) is 0 Å². The van der Waals surface area contributed by atoms with Crippen LogP contribution in [0.15, 0.2) is 0 Å². The molecule has 1 saturated heterocycles. The molecule has 0 aliphatic carbocycles. The lowest BCUT2D eigenvalue weighted by Crippen LogP contribution is -2.36. The van der Waals surface area contributed by atoms with Crippen LogP contribution in [0, 0.1) is 11.8 Å². The van der Waals surface area contributed by atoms with E-state index in [9.17, 15) is 15.0 Å². The zero-order chi connectivity index (χ0) is 10.2. The predicted octanol–water partition coefficient (Wildman–Crippen LogP) is -0.0743. The molecule has 1 aliphatic rings. The molecular weight excluding hydrogens is 172 g/mol. The van der Waals surface area contributed by atoms with E-state index in [0.29, 0.717) is 0 Å². The number of cyclic esters (lactones) is 1. The highest BCUT2D eigenvalue weighted by atomic mass is 16.6. The average Bonchev–Trinajstić information content (AvgIpc) is 2.15. The molecule has 0 bridgehead atoms. The van der Waals surface area contributed by atoms with E-state index in [2.05, 4.69) is 0 Å². The molecule has 5 atom stereocenters. The summed E-state index contributed by atoms with van der Waals surface area (Å²) < 4.78 is 4.93. The molecule has 2 N–H and O–H groups in total. The lowest BCUT2D eigenvalue weighted by atomic mass is 9.89. The maximum Gasteiger partial charge on any atom is 0.311 e. The summed E-state index contributed by atoms with van der Waals surface area (Å²) in [6.45, 7) is 4.95. The normalized spacial score (nSPS) is 46.8. The van der Waals surface area contributed by atoms with Gasteiger partial charge in [-0.2, -0.15) is 0 Å². The molecule has 4 heteroatoms. The Bertz CT molecular complexity index is 204. The molecule has 1 aliphatic heterocycles. The summed E-state index contributed by atoms with van der Waals surface area (Å²) in [6, 6.07) is 0. The summed E-state index contributed by atoms with van der Waals surface area (Å²) in [6.07, 6.45) is -2.15. The fraction of sp³-hybridized carbons (Fsp3) is 0.889. The van der Waals surface area contributed by atoms with Crippen LogP contribution < -0.4 is 0 Å². The zero-order valence-corrected chi connectivity index (χ0v) is 8.10. The molecule has 0 aromatic rings. The third kappa shape index (κ3) is 1.84. The minimum atomic E-state index is -0.826. The van der Waals surface area contributed by atoms with Gasteiger partial charge in [0, 0.05) is 5.92 Å². The van der Waals surface area contributed by atoms with Gasteiger partial charge < -0.3 is 14.9 Å². The molecule has 0 spiro atoms. The van der Waals surface area contributed by atoms with Gasteiger partial charge >= 0.3 is 5.97 Å². The quantitative estimate of drug-likeness (QED) is 0.522. The van der Waals surface area contributed by atoms with Crippen LogP contribution in [-0.2, 0) is 9.53 Å². The van der Waals surface area contributed by atoms with Crippen molar-refractivity contribution in [1.82, 2.24) is 0 Å². The van der Waals surface area contributed by atoms with Crippen molar-refractivity contribution in [2.45, 2.75) is 39.1 Å². The van der Waals surface area contributed by atoms with Gasteiger partial charge in [-0.25, -0.2) is 0 Å². The lowest BCUT2D eigenvalue weighted by Gasteiger charge is -2.23. The highest BCUT2D eigenvalue weighted by Gasteiger charge is 2.39. The van der Waals surface area contributed by atoms with Crippen molar-refractivity contribution in [2.24, 2.45) is 11.8 Å². The first-order chi connectivity index (χ1) is 5.95. The second-order valence-corrected chi connectivity index (χ2v) is 3.77. The summed E-state index contributed by atoms with van der Waals surface area (Å²) in [5.74, 6) is -1.34. The summed E-state index contributed by atoms with van der Waals surface area (Å²) in [7, 11) is 0. The Labute approximate surface area is 77.5 Å². The molecule has 76 valence electrons. The second kappa shape index (κ2) is 3.64. The van der Waals surface area contributed by atoms with E-state index in [0.717, 1.165) is 0 Å². The van der Waals surface area contributed by atoms with Crippen molar-refractivity contribution >= 4 is 5.97 Å². The Morgan fingerprint density at radius 3 is 2.23 bits per heavy atom.